The van der Waals surface area contributed by atoms with Crippen molar-refractivity contribution < 1.29 is 4.39 Å². The van der Waals surface area contributed by atoms with Gasteiger partial charge in [-0.05, 0) is 51.3 Å². The summed E-state index contributed by atoms with van der Waals surface area (Å²) in [5.74, 6) is -0.169. The number of likely N-dealkylation sites (N-methyl/N-ethyl adjacent to an activating group) is 2. The van der Waals surface area contributed by atoms with Crippen LogP contribution < -0.4 is 10.2 Å². The predicted octanol–water partition coefficient (Wildman–Crippen LogP) is 1.56. The molecule has 1 fully saturated rings. The van der Waals surface area contributed by atoms with Crippen LogP contribution in [0.4, 0.5) is 10.1 Å². The Morgan fingerprint density at radius 3 is 2.67 bits per heavy atom. The number of nitrogens with one attached hydrogen (secondary N) is 1. The number of nitrogens with zero attached hydrogens (tertiary/aromatic N) is 2. The fourth-order valence-corrected chi connectivity index (χ4v) is 2.52. The molecule has 1 aliphatic rings. The minimum absolute atomic E-state index is 0.169. The third-order valence-corrected chi connectivity index (χ3v) is 3.62. The zero-order valence-electron chi connectivity index (χ0n) is 11.2. The van der Waals surface area contributed by atoms with Crippen LogP contribution in [0.1, 0.15) is 6.42 Å². The van der Waals surface area contributed by atoms with Crippen molar-refractivity contribution in [2.75, 3.05) is 45.2 Å². The van der Waals surface area contributed by atoms with Gasteiger partial charge in [-0.25, -0.2) is 4.39 Å². The predicted molar refractivity (Wildman–Crippen MR) is 73.6 cm³/mol. The molecular formula is C14H22FN3. The van der Waals surface area contributed by atoms with Crippen molar-refractivity contribution in [3.8, 4) is 0 Å². The number of hydrogen-bond acceptors (Lipinski definition) is 3. The Morgan fingerprint density at radius 2 is 2.00 bits per heavy atom. The van der Waals surface area contributed by atoms with Crippen LogP contribution in [0, 0.1) is 5.82 Å². The molecule has 1 saturated heterocycles. The van der Waals surface area contributed by atoms with Crippen molar-refractivity contribution in [2.45, 2.75) is 12.5 Å². The average molecular weight is 251 g/mol. The first kappa shape index (κ1) is 13.3. The molecule has 0 aliphatic carbocycles. The van der Waals surface area contributed by atoms with E-state index >= 15 is 0 Å². The first-order chi connectivity index (χ1) is 8.70. The molecule has 1 aromatic rings. The van der Waals surface area contributed by atoms with Crippen molar-refractivity contribution in [3.63, 3.8) is 0 Å². The van der Waals surface area contributed by atoms with Gasteiger partial charge in [-0.15, -0.1) is 0 Å². The van der Waals surface area contributed by atoms with Crippen LogP contribution in [0.3, 0.4) is 0 Å². The summed E-state index contributed by atoms with van der Waals surface area (Å²) in [6.45, 7) is 4.12. The molecule has 0 saturated carbocycles. The van der Waals surface area contributed by atoms with Gasteiger partial charge in [0.15, 0.2) is 0 Å². The Kier molecular flexibility index (Phi) is 4.55. The highest BCUT2D eigenvalue weighted by Gasteiger charge is 2.21. The van der Waals surface area contributed by atoms with Gasteiger partial charge < -0.3 is 15.1 Å². The van der Waals surface area contributed by atoms with E-state index in [0.717, 1.165) is 38.3 Å². The highest BCUT2D eigenvalue weighted by atomic mass is 19.1. The molecule has 1 aliphatic heterocycles. The van der Waals surface area contributed by atoms with E-state index < -0.39 is 0 Å². The summed E-state index contributed by atoms with van der Waals surface area (Å²) in [4.78, 5) is 4.75. The Morgan fingerprint density at radius 1 is 1.28 bits per heavy atom. The van der Waals surface area contributed by atoms with Gasteiger partial charge in [0, 0.05) is 31.4 Å². The largest absolute Gasteiger partial charge is 0.370 e. The van der Waals surface area contributed by atoms with Gasteiger partial charge >= 0.3 is 0 Å². The van der Waals surface area contributed by atoms with Crippen molar-refractivity contribution in [3.05, 3.63) is 30.1 Å². The highest BCUT2D eigenvalue weighted by Crippen LogP contribution is 2.18. The van der Waals surface area contributed by atoms with E-state index in [4.69, 9.17) is 0 Å². The lowest BCUT2D eigenvalue weighted by molar-refractivity contribution is 0.257. The summed E-state index contributed by atoms with van der Waals surface area (Å²) < 4.78 is 13.0. The maximum Gasteiger partial charge on any atom is 0.123 e. The Hall–Kier alpha value is -1.13. The minimum Gasteiger partial charge on any atom is -0.370 e. The normalized spacial score (nSPS) is 21.9. The second-order valence-corrected chi connectivity index (χ2v) is 4.97. The van der Waals surface area contributed by atoms with E-state index in [1.807, 2.05) is 19.2 Å². The van der Waals surface area contributed by atoms with Crippen molar-refractivity contribution in [2.24, 2.45) is 0 Å². The van der Waals surface area contributed by atoms with Crippen LogP contribution in [0.25, 0.3) is 0 Å². The van der Waals surface area contributed by atoms with Gasteiger partial charge in [0.2, 0.25) is 0 Å². The van der Waals surface area contributed by atoms with E-state index in [2.05, 4.69) is 22.2 Å². The molecule has 100 valence electrons. The van der Waals surface area contributed by atoms with Crippen molar-refractivity contribution in [1.82, 2.24) is 10.2 Å². The molecule has 3 nitrogen and oxygen atoms in total. The monoisotopic (exact) mass is 251 g/mol. The number of benzene rings is 1. The summed E-state index contributed by atoms with van der Waals surface area (Å²) >= 11 is 0. The lowest BCUT2D eigenvalue weighted by atomic mass is 10.2. The topological polar surface area (TPSA) is 18.5 Å². The third kappa shape index (κ3) is 3.21. The summed E-state index contributed by atoms with van der Waals surface area (Å²) in [5, 5.41) is 3.25. The van der Waals surface area contributed by atoms with Crippen LogP contribution in [-0.2, 0) is 0 Å². The number of anilines is 1. The van der Waals surface area contributed by atoms with Gasteiger partial charge in [0.1, 0.15) is 5.82 Å². The minimum atomic E-state index is -0.169. The van der Waals surface area contributed by atoms with Crippen LogP contribution >= 0.6 is 0 Å². The quantitative estimate of drug-likeness (QED) is 0.879. The second kappa shape index (κ2) is 6.16. The van der Waals surface area contributed by atoms with Crippen LogP contribution in [-0.4, -0.2) is 51.2 Å². The molecule has 1 N–H and O–H groups in total. The van der Waals surface area contributed by atoms with Gasteiger partial charge in [-0.1, -0.05) is 0 Å². The molecule has 0 aromatic heterocycles. The van der Waals surface area contributed by atoms with E-state index in [1.165, 1.54) is 12.1 Å². The van der Waals surface area contributed by atoms with E-state index in [1.54, 1.807) is 0 Å². The van der Waals surface area contributed by atoms with Crippen LogP contribution in [0.2, 0.25) is 0 Å². The van der Waals surface area contributed by atoms with Gasteiger partial charge in [-0.3, -0.25) is 0 Å². The van der Waals surface area contributed by atoms with Crippen molar-refractivity contribution in [1.29, 1.82) is 0 Å². The first-order valence-corrected chi connectivity index (χ1v) is 6.56. The number of halogens is 1. The molecule has 0 amide bonds. The lowest BCUT2D eigenvalue weighted by Gasteiger charge is -2.30. The SMILES string of the molecule is CNCC1CN(c2ccc(F)cc2)CCCN1C. The molecule has 1 atom stereocenters. The third-order valence-electron chi connectivity index (χ3n) is 3.62. The highest BCUT2D eigenvalue weighted by molar-refractivity contribution is 5.46. The summed E-state index contributed by atoms with van der Waals surface area (Å²) in [6, 6.07) is 7.32. The summed E-state index contributed by atoms with van der Waals surface area (Å²) in [6.07, 6.45) is 1.15. The maximum atomic E-state index is 13.0. The maximum absolute atomic E-state index is 13.0. The van der Waals surface area contributed by atoms with E-state index in [-0.39, 0.29) is 5.82 Å². The molecule has 4 heteroatoms. The molecule has 0 radical (unpaired) electrons. The smallest absolute Gasteiger partial charge is 0.123 e. The summed E-state index contributed by atoms with van der Waals surface area (Å²) in [5.41, 5.74) is 1.12. The second-order valence-electron chi connectivity index (χ2n) is 4.97. The van der Waals surface area contributed by atoms with Gasteiger partial charge in [0.25, 0.3) is 0 Å². The zero-order valence-corrected chi connectivity index (χ0v) is 11.2. The molecular weight excluding hydrogens is 229 g/mol. The van der Waals surface area contributed by atoms with Gasteiger partial charge in [-0.2, -0.15) is 0 Å². The van der Waals surface area contributed by atoms with Gasteiger partial charge in [0.05, 0.1) is 0 Å². The fraction of sp³-hybridized carbons (Fsp3) is 0.571. The first-order valence-electron chi connectivity index (χ1n) is 6.56. The summed E-state index contributed by atoms with van der Waals surface area (Å²) in [7, 11) is 4.16. The number of rotatable bonds is 3. The van der Waals surface area contributed by atoms with E-state index in [0.29, 0.717) is 6.04 Å². The standard InChI is InChI=1S/C14H22FN3/c1-16-10-14-11-18(9-3-8-17(14)2)13-6-4-12(15)5-7-13/h4-7,14,16H,3,8-11H2,1-2H3. The number of hydrogen-bond donors (Lipinski definition) is 1. The molecule has 1 unspecified atom stereocenters. The lowest BCUT2D eigenvalue weighted by Crippen LogP contribution is -2.44. The van der Waals surface area contributed by atoms with Crippen molar-refractivity contribution >= 4 is 5.69 Å². The molecule has 1 heterocycles. The van der Waals surface area contributed by atoms with Crippen LogP contribution in [0.5, 0.6) is 0 Å². The molecule has 1 aromatic carbocycles. The molecule has 0 spiro atoms. The van der Waals surface area contributed by atoms with E-state index in [9.17, 15) is 4.39 Å². The zero-order chi connectivity index (χ0) is 13.0. The Bertz CT molecular complexity index is 366. The molecule has 0 bridgehead atoms. The Labute approximate surface area is 109 Å². The molecule has 2 rings (SSSR count). The fourth-order valence-electron chi connectivity index (χ4n) is 2.52. The van der Waals surface area contributed by atoms with Crippen LogP contribution in [0.15, 0.2) is 24.3 Å². The molecule has 18 heavy (non-hydrogen) atoms. The Balaban J connectivity index is 2.10. The average Bonchev–Trinajstić information content (AvgIpc) is 2.54.